The molecule has 5 atom stereocenters. The minimum Gasteiger partial charge on any atom is -0.394 e. The number of amides is 2. The molecule has 3 aliphatic rings. The molecule has 0 aromatic heterocycles. The van der Waals surface area contributed by atoms with Crippen LogP contribution >= 0.6 is 45.2 Å². The van der Waals surface area contributed by atoms with Crippen LogP contribution in [0.1, 0.15) is 49.4 Å². The number of carbonyl (C=O) groups excluding carboxylic acids is 2. The van der Waals surface area contributed by atoms with Crippen molar-refractivity contribution in [1.82, 2.24) is 4.90 Å². The standard InChI is InChI=1S/C34H35FI2N2O4/c1-20-31(33(2,3)35)29(16-30(41)38-18-23-7-5-4-6-22(23)14-26(38)19-40)43-34(20)27-15-25(37)12-13-28(27)39(32(34)42)17-21-8-10-24(36)11-9-21/h4-13,15,20,26,29,31,40H,14,16-19H2,1-3H3/t20-,26-,29+,31-,34+/m0/s1. The van der Waals surface area contributed by atoms with Crippen molar-refractivity contribution in [3.8, 4) is 0 Å². The van der Waals surface area contributed by atoms with Gasteiger partial charge in [-0.05, 0) is 112 Å². The number of rotatable bonds is 6. The number of hydrogen-bond donors (Lipinski definition) is 1. The molecule has 2 amide bonds. The summed E-state index contributed by atoms with van der Waals surface area (Å²) in [6.07, 6.45) is -0.348. The predicted molar refractivity (Wildman–Crippen MR) is 180 cm³/mol. The molecule has 3 aromatic rings. The number of alkyl halides is 1. The first-order valence-corrected chi connectivity index (χ1v) is 16.8. The quantitative estimate of drug-likeness (QED) is 0.294. The lowest BCUT2D eigenvalue weighted by atomic mass is 9.71. The van der Waals surface area contributed by atoms with Gasteiger partial charge in [-0.3, -0.25) is 9.59 Å². The summed E-state index contributed by atoms with van der Waals surface area (Å²) in [6, 6.07) is 21.5. The highest BCUT2D eigenvalue weighted by Gasteiger charge is 2.66. The van der Waals surface area contributed by atoms with E-state index in [1.165, 1.54) is 13.8 Å². The van der Waals surface area contributed by atoms with E-state index in [0.29, 0.717) is 19.5 Å². The zero-order chi connectivity index (χ0) is 30.7. The van der Waals surface area contributed by atoms with Gasteiger partial charge in [-0.15, -0.1) is 0 Å². The zero-order valence-electron chi connectivity index (χ0n) is 24.4. The fourth-order valence-electron chi connectivity index (χ4n) is 7.48. The second-order valence-corrected chi connectivity index (χ2v) is 15.0. The van der Waals surface area contributed by atoms with Crippen molar-refractivity contribution in [2.45, 2.75) is 70.1 Å². The van der Waals surface area contributed by atoms with Gasteiger partial charge in [0.05, 0.1) is 37.4 Å². The first-order valence-electron chi connectivity index (χ1n) is 14.6. The number of hydrogen-bond acceptors (Lipinski definition) is 4. The third-order valence-electron chi connectivity index (χ3n) is 9.44. The molecule has 0 bridgehead atoms. The summed E-state index contributed by atoms with van der Waals surface area (Å²) in [5.41, 5.74) is 1.50. The molecular weight excluding hydrogens is 773 g/mol. The zero-order valence-corrected chi connectivity index (χ0v) is 28.7. The molecule has 3 aliphatic heterocycles. The van der Waals surface area contributed by atoms with Gasteiger partial charge in [0.1, 0.15) is 5.67 Å². The Kier molecular flexibility index (Phi) is 8.40. The van der Waals surface area contributed by atoms with Crippen LogP contribution in [0.4, 0.5) is 10.1 Å². The molecule has 0 unspecified atom stereocenters. The predicted octanol–water partition coefficient (Wildman–Crippen LogP) is 6.37. The number of benzene rings is 3. The van der Waals surface area contributed by atoms with Gasteiger partial charge >= 0.3 is 0 Å². The van der Waals surface area contributed by atoms with Crippen LogP contribution in [0.5, 0.6) is 0 Å². The van der Waals surface area contributed by atoms with E-state index in [1.807, 2.05) is 73.7 Å². The second kappa shape index (κ2) is 11.7. The molecule has 1 fully saturated rings. The van der Waals surface area contributed by atoms with Crippen LogP contribution in [0, 0.1) is 19.0 Å². The van der Waals surface area contributed by atoms with Gasteiger partial charge in [0.2, 0.25) is 5.91 Å². The van der Waals surface area contributed by atoms with E-state index in [0.717, 1.165) is 35.1 Å². The maximum atomic E-state index is 16.2. The maximum absolute atomic E-state index is 16.2. The number of aliphatic hydroxyl groups excluding tert-OH is 1. The summed E-state index contributed by atoms with van der Waals surface area (Å²) in [4.78, 5) is 32.0. The average molecular weight is 808 g/mol. The fraction of sp³-hybridized carbons (Fsp3) is 0.412. The SMILES string of the molecule is C[C@H]1[C@H](C(C)(C)F)[C@@H](CC(=O)N2Cc3ccccc3C[C@H]2CO)O[C@]12C(=O)N(Cc1ccc(I)cc1)c1ccc(I)cc12. The third-order valence-corrected chi connectivity index (χ3v) is 10.8. The fourth-order valence-corrected chi connectivity index (χ4v) is 8.33. The molecule has 0 saturated carbocycles. The van der Waals surface area contributed by atoms with E-state index in [1.54, 1.807) is 9.80 Å². The van der Waals surface area contributed by atoms with Crippen LogP contribution < -0.4 is 4.90 Å². The molecule has 0 radical (unpaired) electrons. The van der Waals surface area contributed by atoms with Gasteiger partial charge < -0.3 is 19.6 Å². The van der Waals surface area contributed by atoms with Crippen LogP contribution in [-0.2, 0) is 39.4 Å². The third kappa shape index (κ3) is 5.42. The molecule has 1 N–H and O–H groups in total. The Bertz CT molecular complexity index is 1560. The first kappa shape index (κ1) is 30.9. The number of fused-ring (bicyclic) bond motifs is 3. The van der Waals surface area contributed by atoms with E-state index < -0.39 is 29.2 Å². The van der Waals surface area contributed by atoms with Crippen LogP contribution in [0.15, 0.2) is 66.7 Å². The Morgan fingerprint density at radius 2 is 1.74 bits per heavy atom. The number of ether oxygens (including phenoxy) is 1. The smallest absolute Gasteiger partial charge is 0.264 e. The first-order chi connectivity index (χ1) is 20.4. The van der Waals surface area contributed by atoms with Crippen molar-refractivity contribution in [3.63, 3.8) is 0 Å². The normalized spacial score (nSPS) is 26.6. The molecule has 6 nitrogen and oxygen atoms in total. The van der Waals surface area contributed by atoms with Crippen molar-refractivity contribution in [1.29, 1.82) is 0 Å². The van der Waals surface area contributed by atoms with Crippen molar-refractivity contribution in [2.75, 3.05) is 11.5 Å². The van der Waals surface area contributed by atoms with Crippen molar-refractivity contribution in [3.05, 3.63) is 96.1 Å². The van der Waals surface area contributed by atoms with E-state index in [4.69, 9.17) is 4.74 Å². The summed E-state index contributed by atoms with van der Waals surface area (Å²) < 4.78 is 25.0. The minimum absolute atomic E-state index is 0.0769. The van der Waals surface area contributed by atoms with Crippen LogP contribution in [-0.4, -0.2) is 46.2 Å². The monoisotopic (exact) mass is 808 g/mol. The maximum Gasteiger partial charge on any atom is 0.264 e. The lowest BCUT2D eigenvalue weighted by Crippen LogP contribution is -2.48. The lowest BCUT2D eigenvalue weighted by molar-refractivity contribution is -0.151. The molecular formula is C34H35FI2N2O4. The van der Waals surface area contributed by atoms with E-state index in [2.05, 4.69) is 45.2 Å². The Morgan fingerprint density at radius 1 is 1.07 bits per heavy atom. The highest BCUT2D eigenvalue weighted by atomic mass is 127. The van der Waals surface area contributed by atoms with Gasteiger partial charge in [-0.25, -0.2) is 4.39 Å². The second-order valence-electron chi connectivity index (χ2n) is 12.5. The number of nitrogens with zero attached hydrogens (tertiary/aromatic N) is 2. The number of anilines is 1. The van der Waals surface area contributed by atoms with E-state index in [9.17, 15) is 14.7 Å². The molecule has 9 heteroatoms. The molecule has 6 rings (SSSR count). The molecule has 43 heavy (non-hydrogen) atoms. The number of halogens is 3. The van der Waals surface area contributed by atoms with Crippen LogP contribution in [0.2, 0.25) is 0 Å². The topological polar surface area (TPSA) is 70.1 Å². The van der Waals surface area contributed by atoms with E-state index in [-0.39, 0.29) is 30.9 Å². The molecule has 1 saturated heterocycles. The Labute approximate surface area is 279 Å². The number of carbonyl (C=O) groups is 2. The molecule has 0 aliphatic carbocycles. The molecule has 3 heterocycles. The van der Waals surface area contributed by atoms with Crippen LogP contribution in [0.25, 0.3) is 0 Å². The summed E-state index contributed by atoms with van der Waals surface area (Å²) >= 11 is 4.49. The molecule has 3 aromatic carbocycles. The van der Waals surface area contributed by atoms with E-state index >= 15 is 4.39 Å². The average Bonchev–Trinajstić information content (AvgIpc) is 3.39. The largest absolute Gasteiger partial charge is 0.394 e. The Hall–Kier alpha value is -2.09. The Morgan fingerprint density at radius 3 is 2.42 bits per heavy atom. The van der Waals surface area contributed by atoms with Gasteiger partial charge in [-0.2, -0.15) is 0 Å². The lowest BCUT2D eigenvalue weighted by Gasteiger charge is -2.37. The highest BCUT2D eigenvalue weighted by molar-refractivity contribution is 14.1. The summed E-state index contributed by atoms with van der Waals surface area (Å²) in [7, 11) is 0. The molecule has 1 spiro atoms. The Balaban J connectivity index is 1.35. The summed E-state index contributed by atoms with van der Waals surface area (Å²) in [5.74, 6) is -1.68. The highest BCUT2D eigenvalue weighted by Crippen LogP contribution is 2.58. The van der Waals surface area contributed by atoms with Crippen molar-refractivity contribution in [2.24, 2.45) is 11.8 Å². The molecule has 226 valence electrons. The van der Waals surface area contributed by atoms with Gasteiger partial charge in [0.15, 0.2) is 5.60 Å². The van der Waals surface area contributed by atoms with Crippen molar-refractivity contribution >= 4 is 62.7 Å². The summed E-state index contributed by atoms with van der Waals surface area (Å²) in [5, 5.41) is 10.2. The van der Waals surface area contributed by atoms with Crippen LogP contribution in [0.3, 0.4) is 0 Å². The van der Waals surface area contributed by atoms with Gasteiger partial charge in [0.25, 0.3) is 5.91 Å². The van der Waals surface area contributed by atoms with Crippen molar-refractivity contribution < 1.29 is 23.8 Å². The summed E-state index contributed by atoms with van der Waals surface area (Å²) in [6.45, 7) is 5.49. The van der Waals surface area contributed by atoms with Gasteiger partial charge in [0, 0.05) is 31.1 Å². The van der Waals surface area contributed by atoms with Gasteiger partial charge in [-0.1, -0.05) is 43.3 Å². The number of aliphatic hydroxyl groups is 1. The minimum atomic E-state index is -1.72.